The van der Waals surface area contributed by atoms with Gasteiger partial charge in [-0.05, 0) is 56.0 Å². The molecule has 1 atom stereocenters. The number of aryl methyl sites for hydroxylation is 2. The summed E-state index contributed by atoms with van der Waals surface area (Å²) in [7, 11) is 0. The Labute approximate surface area is 191 Å². The Morgan fingerprint density at radius 1 is 1.30 bits per heavy atom. The van der Waals surface area contributed by atoms with Crippen molar-refractivity contribution in [3.05, 3.63) is 75.2 Å². The third-order valence-electron chi connectivity index (χ3n) is 5.52. The topological polar surface area (TPSA) is 106 Å². The number of pyridine rings is 1. The Balaban J connectivity index is 1.77. The lowest BCUT2D eigenvalue weighted by Crippen LogP contribution is -2.32. The number of rotatable bonds is 6. The number of carbonyl (C=O) groups excluding carboxylic acids is 1. The van der Waals surface area contributed by atoms with E-state index >= 15 is 0 Å². The third-order valence-corrected chi connectivity index (χ3v) is 5.52. The molecule has 3 aromatic rings. The fourth-order valence-corrected chi connectivity index (χ4v) is 3.67. The molecule has 0 aliphatic carbocycles. The molecule has 1 N–H and O–H groups in total. The molecule has 8 nitrogen and oxygen atoms in total. The second kappa shape index (κ2) is 9.67. The first kappa shape index (κ1) is 22.2. The van der Waals surface area contributed by atoms with E-state index in [0.29, 0.717) is 24.5 Å². The molecule has 1 fully saturated rings. The maximum atomic E-state index is 13.4. The normalized spacial score (nSPS) is 15.9. The fourth-order valence-electron chi connectivity index (χ4n) is 3.67. The van der Waals surface area contributed by atoms with Crippen molar-refractivity contribution in [2.24, 2.45) is 0 Å². The summed E-state index contributed by atoms with van der Waals surface area (Å²) in [5.41, 5.74) is 1.44. The average Bonchev–Trinajstić information content (AvgIpc) is 3.33. The van der Waals surface area contributed by atoms with E-state index in [4.69, 9.17) is 9.47 Å². The van der Waals surface area contributed by atoms with Crippen LogP contribution in [0.15, 0.2) is 53.0 Å². The molecule has 1 saturated heterocycles. The molecular formula is C25H24N4O4. The SMILES string of the molecule is Cc1ccccc1Oc1nc2c(C)cccn2c(=O)c1/C=C(\C#N)C(=O)NCC1CCCO1. The van der Waals surface area contributed by atoms with Gasteiger partial charge in [0.15, 0.2) is 0 Å². The summed E-state index contributed by atoms with van der Waals surface area (Å²) in [6.45, 7) is 4.69. The van der Waals surface area contributed by atoms with E-state index in [1.165, 1.54) is 10.5 Å². The predicted molar refractivity (Wildman–Crippen MR) is 123 cm³/mol. The fraction of sp³-hybridized carbons (Fsp3) is 0.280. The molecule has 8 heteroatoms. The van der Waals surface area contributed by atoms with Gasteiger partial charge in [0.05, 0.1) is 6.10 Å². The van der Waals surface area contributed by atoms with E-state index < -0.39 is 11.5 Å². The van der Waals surface area contributed by atoms with Crippen molar-refractivity contribution in [2.45, 2.75) is 32.8 Å². The van der Waals surface area contributed by atoms with Crippen molar-refractivity contribution in [2.75, 3.05) is 13.2 Å². The standard InChI is InChI=1S/C25H24N4O4/c1-16-7-3-4-10-21(16)33-24-20(25(31)29-11-5-8-17(2)22(29)28-24)13-18(14-26)23(30)27-15-19-9-6-12-32-19/h3-5,7-8,10-11,13,19H,6,9,12,15H2,1-2H3,(H,27,30)/b18-13+. The van der Waals surface area contributed by atoms with Crippen LogP contribution in [-0.4, -0.2) is 34.5 Å². The summed E-state index contributed by atoms with van der Waals surface area (Å²) in [6, 6.07) is 12.8. The Morgan fingerprint density at radius 2 is 2.09 bits per heavy atom. The first-order chi connectivity index (χ1) is 16.0. The van der Waals surface area contributed by atoms with Gasteiger partial charge in [-0.2, -0.15) is 10.2 Å². The number of nitrogens with zero attached hydrogens (tertiary/aromatic N) is 3. The highest BCUT2D eigenvalue weighted by molar-refractivity contribution is 6.01. The number of benzene rings is 1. The van der Waals surface area contributed by atoms with Crippen molar-refractivity contribution < 1.29 is 14.3 Å². The molecule has 3 heterocycles. The Morgan fingerprint density at radius 3 is 2.82 bits per heavy atom. The largest absolute Gasteiger partial charge is 0.438 e. The van der Waals surface area contributed by atoms with E-state index in [0.717, 1.165) is 24.0 Å². The number of para-hydroxylation sites is 1. The number of nitrogens with one attached hydrogen (secondary N) is 1. The molecular weight excluding hydrogens is 420 g/mol. The van der Waals surface area contributed by atoms with Crippen LogP contribution in [0.2, 0.25) is 0 Å². The molecule has 0 saturated carbocycles. The van der Waals surface area contributed by atoms with Crippen LogP contribution in [0, 0.1) is 25.2 Å². The first-order valence-electron chi connectivity index (χ1n) is 10.7. The smallest absolute Gasteiger partial charge is 0.269 e. The number of ether oxygens (including phenoxy) is 2. The highest BCUT2D eigenvalue weighted by Gasteiger charge is 2.20. The monoisotopic (exact) mass is 444 g/mol. The van der Waals surface area contributed by atoms with Crippen LogP contribution in [-0.2, 0) is 9.53 Å². The summed E-state index contributed by atoms with van der Waals surface area (Å²) < 4.78 is 12.9. The molecule has 168 valence electrons. The molecule has 2 aromatic heterocycles. The second-order valence-electron chi connectivity index (χ2n) is 7.90. The minimum atomic E-state index is -0.580. The average molecular weight is 444 g/mol. The van der Waals surface area contributed by atoms with Crippen LogP contribution in [0.4, 0.5) is 0 Å². The molecule has 1 aliphatic heterocycles. The van der Waals surface area contributed by atoms with Gasteiger partial charge >= 0.3 is 0 Å². The van der Waals surface area contributed by atoms with E-state index in [1.54, 1.807) is 18.3 Å². The number of hydrogen-bond donors (Lipinski definition) is 1. The highest BCUT2D eigenvalue weighted by Crippen LogP contribution is 2.27. The number of amides is 1. The molecule has 0 bridgehead atoms. The Bertz CT molecular complexity index is 1330. The molecule has 1 unspecified atom stereocenters. The van der Waals surface area contributed by atoms with Crippen LogP contribution in [0.3, 0.4) is 0 Å². The van der Waals surface area contributed by atoms with Gasteiger partial charge in [-0.1, -0.05) is 24.3 Å². The van der Waals surface area contributed by atoms with E-state index in [9.17, 15) is 14.9 Å². The third kappa shape index (κ3) is 4.78. The molecule has 0 spiro atoms. The summed E-state index contributed by atoms with van der Waals surface area (Å²) in [6.07, 6.45) is 4.57. The van der Waals surface area contributed by atoms with Crippen LogP contribution >= 0.6 is 0 Å². The lowest BCUT2D eigenvalue weighted by molar-refractivity contribution is -0.117. The number of carbonyl (C=O) groups is 1. The maximum Gasteiger partial charge on any atom is 0.269 e. The van der Waals surface area contributed by atoms with Gasteiger partial charge in [0.2, 0.25) is 5.88 Å². The van der Waals surface area contributed by atoms with E-state index in [-0.39, 0.29) is 23.1 Å². The predicted octanol–water partition coefficient (Wildman–Crippen LogP) is 3.31. The lowest BCUT2D eigenvalue weighted by atomic mass is 10.1. The molecule has 4 rings (SSSR count). The molecule has 1 aromatic carbocycles. The van der Waals surface area contributed by atoms with Gasteiger partial charge < -0.3 is 14.8 Å². The van der Waals surface area contributed by atoms with Gasteiger partial charge in [0, 0.05) is 19.3 Å². The van der Waals surface area contributed by atoms with Crippen LogP contribution in [0.1, 0.15) is 29.5 Å². The highest BCUT2D eigenvalue weighted by atomic mass is 16.5. The number of aromatic nitrogens is 2. The lowest BCUT2D eigenvalue weighted by Gasteiger charge is -2.13. The van der Waals surface area contributed by atoms with Crippen LogP contribution in [0.25, 0.3) is 11.7 Å². The van der Waals surface area contributed by atoms with Crippen LogP contribution < -0.4 is 15.6 Å². The van der Waals surface area contributed by atoms with Gasteiger partial charge in [-0.15, -0.1) is 0 Å². The van der Waals surface area contributed by atoms with Crippen molar-refractivity contribution in [3.8, 4) is 17.7 Å². The number of fused-ring (bicyclic) bond motifs is 1. The quantitative estimate of drug-likeness (QED) is 0.462. The summed E-state index contributed by atoms with van der Waals surface area (Å²) in [5, 5.41) is 12.4. The zero-order chi connectivity index (χ0) is 23.4. The molecule has 33 heavy (non-hydrogen) atoms. The van der Waals surface area contributed by atoms with Crippen molar-refractivity contribution >= 4 is 17.6 Å². The Hall–Kier alpha value is -3.96. The van der Waals surface area contributed by atoms with Gasteiger partial charge in [-0.25, -0.2) is 0 Å². The van der Waals surface area contributed by atoms with Gasteiger partial charge in [0.1, 0.15) is 28.6 Å². The molecule has 1 amide bonds. The van der Waals surface area contributed by atoms with Crippen molar-refractivity contribution in [1.29, 1.82) is 5.26 Å². The van der Waals surface area contributed by atoms with E-state index in [2.05, 4.69) is 10.3 Å². The molecule has 1 aliphatic rings. The maximum absolute atomic E-state index is 13.4. The van der Waals surface area contributed by atoms with Gasteiger partial charge in [0.25, 0.3) is 11.5 Å². The summed E-state index contributed by atoms with van der Waals surface area (Å²) >= 11 is 0. The minimum absolute atomic E-state index is 0.0187. The van der Waals surface area contributed by atoms with Gasteiger partial charge in [-0.3, -0.25) is 14.0 Å². The Kier molecular flexibility index (Phi) is 6.52. The summed E-state index contributed by atoms with van der Waals surface area (Å²) in [4.78, 5) is 30.6. The zero-order valence-corrected chi connectivity index (χ0v) is 18.5. The van der Waals surface area contributed by atoms with E-state index in [1.807, 2.05) is 44.2 Å². The van der Waals surface area contributed by atoms with Crippen molar-refractivity contribution in [1.82, 2.24) is 14.7 Å². The summed E-state index contributed by atoms with van der Waals surface area (Å²) in [5.74, 6) is -0.0230. The van der Waals surface area contributed by atoms with Crippen molar-refractivity contribution in [3.63, 3.8) is 0 Å². The zero-order valence-electron chi connectivity index (χ0n) is 18.5. The number of hydrogen-bond acceptors (Lipinski definition) is 6. The molecule has 0 radical (unpaired) electrons. The van der Waals surface area contributed by atoms with Crippen LogP contribution in [0.5, 0.6) is 11.6 Å². The number of nitriles is 1. The minimum Gasteiger partial charge on any atom is -0.438 e. The first-order valence-corrected chi connectivity index (χ1v) is 10.7. The second-order valence-corrected chi connectivity index (χ2v) is 7.90.